The van der Waals surface area contributed by atoms with Gasteiger partial charge >= 0.3 is 0 Å². The molecule has 0 spiro atoms. The number of anilines is 1. The van der Waals surface area contributed by atoms with Crippen molar-refractivity contribution in [3.63, 3.8) is 0 Å². The van der Waals surface area contributed by atoms with Gasteiger partial charge in [0, 0.05) is 15.8 Å². The van der Waals surface area contributed by atoms with E-state index in [0.717, 1.165) is 20.7 Å². The molecular formula is C10H9NOS. The summed E-state index contributed by atoms with van der Waals surface area (Å²) < 4.78 is 1.07. The van der Waals surface area contributed by atoms with Crippen molar-refractivity contribution >= 4 is 32.9 Å². The van der Waals surface area contributed by atoms with Crippen molar-refractivity contribution in [1.29, 1.82) is 0 Å². The highest BCUT2D eigenvalue weighted by atomic mass is 32.1. The number of hydrogen-bond donors (Lipinski definition) is 1. The second-order valence-corrected chi connectivity index (χ2v) is 4.01. The van der Waals surface area contributed by atoms with E-state index in [4.69, 9.17) is 5.73 Å². The number of nitrogens with two attached hydrogens (primary N) is 1. The molecule has 0 unspecified atom stereocenters. The number of nitrogen functional groups attached to an aromatic ring is 1. The van der Waals surface area contributed by atoms with Gasteiger partial charge in [-0.3, -0.25) is 4.79 Å². The molecule has 66 valence electrons. The number of benzene rings is 1. The summed E-state index contributed by atoms with van der Waals surface area (Å²) in [5.74, 6) is 0.0978. The molecule has 0 aliphatic rings. The number of hydrogen-bond acceptors (Lipinski definition) is 3. The lowest BCUT2D eigenvalue weighted by molar-refractivity contribution is 0.102. The Labute approximate surface area is 80.0 Å². The summed E-state index contributed by atoms with van der Waals surface area (Å²) in [7, 11) is 0. The fourth-order valence-corrected chi connectivity index (χ4v) is 2.25. The quantitative estimate of drug-likeness (QED) is 0.556. The van der Waals surface area contributed by atoms with Crippen LogP contribution in [0.1, 0.15) is 16.6 Å². The summed E-state index contributed by atoms with van der Waals surface area (Å²) in [5.41, 5.74) is 6.50. The lowest BCUT2D eigenvalue weighted by Gasteiger charge is -1.92. The number of carbonyl (C=O) groups excluding carboxylic acids is 1. The molecule has 2 nitrogen and oxygen atoms in total. The fraction of sp³-hybridized carbons (Fsp3) is 0.100. The molecule has 3 heteroatoms. The van der Waals surface area contributed by atoms with Crippen LogP contribution in [0.5, 0.6) is 0 Å². The second kappa shape index (κ2) is 2.85. The Hall–Kier alpha value is -1.35. The maximum atomic E-state index is 11.1. The van der Waals surface area contributed by atoms with Crippen LogP contribution < -0.4 is 5.73 Å². The minimum Gasteiger partial charge on any atom is -0.398 e. The molecule has 2 aromatic rings. The Morgan fingerprint density at radius 2 is 2.23 bits per heavy atom. The van der Waals surface area contributed by atoms with Crippen molar-refractivity contribution in [3.05, 3.63) is 29.1 Å². The minimum atomic E-state index is 0.0978. The number of ketones is 1. The van der Waals surface area contributed by atoms with Gasteiger partial charge in [0.05, 0.1) is 4.88 Å². The molecule has 13 heavy (non-hydrogen) atoms. The molecule has 1 aromatic heterocycles. The largest absolute Gasteiger partial charge is 0.398 e. The Balaban J connectivity index is 2.75. The van der Waals surface area contributed by atoms with Gasteiger partial charge in [-0.25, -0.2) is 0 Å². The maximum absolute atomic E-state index is 11.1. The first-order valence-corrected chi connectivity index (χ1v) is 4.79. The first kappa shape index (κ1) is 8.26. The molecule has 2 N–H and O–H groups in total. The lowest BCUT2D eigenvalue weighted by Crippen LogP contribution is -1.85. The second-order valence-electron chi connectivity index (χ2n) is 2.93. The van der Waals surface area contributed by atoms with Gasteiger partial charge in [0.2, 0.25) is 0 Å². The van der Waals surface area contributed by atoms with Crippen LogP contribution in [-0.2, 0) is 0 Å². The molecule has 0 amide bonds. The molecule has 0 atom stereocenters. The normalized spacial score (nSPS) is 10.5. The number of thiophene rings is 1. The van der Waals surface area contributed by atoms with Gasteiger partial charge in [-0.15, -0.1) is 11.3 Å². The van der Waals surface area contributed by atoms with Crippen LogP contribution in [0.4, 0.5) is 5.69 Å². The monoisotopic (exact) mass is 191 g/mol. The Kier molecular flexibility index (Phi) is 1.81. The topological polar surface area (TPSA) is 43.1 Å². The van der Waals surface area contributed by atoms with Crippen LogP contribution in [0.3, 0.4) is 0 Å². The zero-order valence-electron chi connectivity index (χ0n) is 7.20. The van der Waals surface area contributed by atoms with Crippen LogP contribution in [0, 0.1) is 0 Å². The van der Waals surface area contributed by atoms with Gasteiger partial charge in [0.1, 0.15) is 0 Å². The van der Waals surface area contributed by atoms with Gasteiger partial charge in [0.15, 0.2) is 5.78 Å². The van der Waals surface area contributed by atoms with Gasteiger partial charge in [-0.2, -0.15) is 0 Å². The molecular weight excluding hydrogens is 182 g/mol. The van der Waals surface area contributed by atoms with Crippen LogP contribution in [0.15, 0.2) is 24.3 Å². The first-order chi connectivity index (χ1) is 6.18. The number of Topliss-reactive ketones (excluding diaryl/α,β-unsaturated/α-hetero) is 1. The van der Waals surface area contributed by atoms with Crippen molar-refractivity contribution in [2.45, 2.75) is 6.92 Å². The van der Waals surface area contributed by atoms with Crippen molar-refractivity contribution in [3.8, 4) is 0 Å². The third-order valence-corrected chi connectivity index (χ3v) is 3.14. The molecule has 0 aliphatic carbocycles. The fourth-order valence-electron chi connectivity index (χ4n) is 1.26. The third kappa shape index (κ3) is 1.31. The summed E-state index contributed by atoms with van der Waals surface area (Å²) in [6.07, 6.45) is 0. The van der Waals surface area contributed by atoms with Crippen LogP contribution >= 0.6 is 11.3 Å². The molecule has 0 radical (unpaired) electrons. The van der Waals surface area contributed by atoms with E-state index < -0.39 is 0 Å². The average Bonchev–Trinajstić information content (AvgIpc) is 2.49. The number of rotatable bonds is 1. The van der Waals surface area contributed by atoms with E-state index in [9.17, 15) is 4.79 Å². The third-order valence-electron chi connectivity index (χ3n) is 1.94. The predicted octanol–water partition coefficient (Wildman–Crippen LogP) is 2.69. The Morgan fingerprint density at radius 1 is 1.46 bits per heavy atom. The minimum absolute atomic E-state index is 0.0978. The number of carbonyl (C=O) groups is 1. The van der Waals surface area contributed by atoms with Crippen LogP contribution in [-0.4, -0.2) is 5.78 Å². The first-order valence-electron chi connectivity index (χ1n) is 3.97. The van der Waals surface area contributed by atoms with Crippen molar-refractivity contribution in [2.75, 3.05) is 5.73 Å². The summed E-state index contributed by atoms with van der Waals surface area (Å²) in [6, 6.07) is 7.58. The van der Waals surface area contributed by atoms with Crippen molar-refractivity contribution in [1.82, 2.24) is 0 Å². The maximum Gasteiger partial charge on any atom is 0.169 e. The van der Waals surface area contributed by atoms with Gasteiger partial charge in [-0.05, 0) is 25.1 Å². The molecule has 0 aliphatic heterocycles. The van der Waals surface area contributed by atoms with E-state index in [-0.39, 0.29) is 5.78 Å². The highest BCUT2D eigenvalue weighted by molar-refractivity contribution is 7.20. The van der Waals surface area contributed by atoms with Crippen LogP contribution in [0.2, 0.25) is 0 Å². The summed E-state index contributed by atoms with van der Waals surface area (Å²) in [4.78, 5) is 11.9. The van der Waals surface area contributed by atoms with E-state index >= 15 is 0 Å². The highest BCUT2D eigenvalue weighted by Gasteiger charge is 2.06. The summed E-state index contributed by atoms with van der Waals surface area (Å²) in [6.45, 7) is 1.57. The molecule has 2 rings (SSSR count). The average molecular weight is 191 g/mol. The smallest absolute Gasteiger partial charge is 0.169 e. The van der Waals surface area contributed by atoms with E-state index in [1.165, 1.54) is 11.3 Å². The Morgan fingerprint density at radius 3 is 2.85 bits per heavy atom. The van der Waals surface area contributed by atoms with E-state index in [1.807, 2.05) is 24.3 Å². The van der Waals surface area contributed by atoms with E-state index in [1.54, 1.807) is 6.92 Å². The van der Waals surface area contributed by atoms with E-state index in [0.29, 0.717) is 0 Å². The summed E-state index contributed by atoms with van der Waals surface area (Å²) >= 11 is 1.49. The predicted molar refractivity (Wildman–Crippen MR) is 56.2 cm³/mol. The van der Waals surface area contributed by atoms with Crippen LogP contribution in [0.25, 0.3) is 10.1 Å². The zero-order chi connectivity index (χ0) is 9.42. The molecule has 0 saturated carbocycles. The lowest BCUT2D eigenvalue weighted by atomic mass is 10.2. The van der Waals surface area contributed by atoms with Crippen molar-refractivity contribution in [2.24, 2.45) is 0 Å². The molecule has 0 bridgehead atoms. The Bertz CT molecular complexity index is 473. The molecule has 0 fully saturated rings. The standard InChI is InChI=1S/C10H9NOS/c1-6(12)10-5-7-8(11)3-2-4-9(7)13-10/h2-5H,11H2,1H3. The zero-order valence-corrected chi connectivity index (χ0v) is 8.02. The number of fused-ring (bicyclic) bond motifs is 1. The van der Waals surface area contributed by atoms with Gasteiger partial charge in [-0.1, -0.05) is 6.07 Å². The molecule has 1 heterocycles. The molecule has 0 saturated heterocycles. The van der Waals surface area contributed by atoms with E-state index in [2.05, 4.69) is 0 Å². The highest BCUT2D eigenvalue weighted by Crippen LogP contribution is 2.29. The van der Waals surface area contributed by atoms with Crippen molar-refractivity contribution < 1.29 is 4.79 Å². The SMILES string of the molecule is CC(=O)c1cc2c(N)cccc2s1. The summed E-state index contributed by atoms with van der Waals surface area (Å²) in [5, 5.41) is 0.984. The van der Waals surface area contributed by atoms with Gasteiger partial charge < -0.3 is 5.73 Å². The molecule has 1 aromatic carbocycles. The van der Waals surface area contributed by atoms with Gasteiger partial charge in [0.25, 0.3) is 0 Å².